The molecule has 3 heterocycles. The fraction of sp³-hybridized carbons (Fsp3) is 0.261. The highest BCUT2D eigenvalue weighted by molar-refractivity contribution is 5.78. The van der Waals surface area contributed by atoms with E-state index < -0.39 is 22.4 Å². The highest BCUT2D eigenvalue weighted by Crippen LogP contribution is 2.38. The largest absolute Gasteiger partial charge is 0.601 e. The molecule has 3 atom stereocenters. The highest BCUT2D eigenvalue weighted by atomic mass is 19.1. The van der Waals surface area contributed by atoms with Crippen molar-refractivity contribution in [2.75, 3.05) is 6.61 Å². The molecule has 3 unspecified atom stereocenters. The predicted molar refractivity (Wildman–Crippen MR) is 113 cm³/mol. The first-order valence-electron chi connectivity index (χ1n) is 10.3. The molecule has 160 valence electrons. The monoisotopic (exact) mass is 424 g/mol. The summed E-state index contributed by atoms with van der Waals surface area (Å²) < 4.78 is 32.7. The van der Waals surface area contributed by atoms with Crippen molar-refractivity contribution in [3.8, 4) is 0 Å². The number of nitrogens with one attached hydrogen (secondary N) is 2. The van der Waals surface area contributed by atoms with Gasteiger partial charge in [0.25, 0.3) is 0 Å². The SMILES string of the molecule is [O-][N+]1(C(c2ccc3[nH]ncc3c2)C2CCCCO2)C=CC=C(c2cc(F)cc(F)c2)N1. The summed E-state index contributed by atoms with van der Waals surface area (Å²) in [6.45, 7) is 0.594. The number of H-pyrrole nitrogens is 1. The number of rotatable bonds is 4. The van der Waals surface area contributed by atoms with Gasteiger partial charge in [0.05, 0.1) is 17.4 Å². The molecule has 5 rings (SSSR count). The molecular weight excluding hydrogens is 402 g/mol. The number of benzene rings is 2. The van der Waals surface area contributed by atoms with E-state index in [1.54, 1.807) is 18.3 Å². The third-order valence-corrected chi connectivity index (χ3v) is 5.83. The molecule has 2 aliphatic rings. The Hall–Kier alpha value is -3.07. The molecule has 6 nitrogen and oxygen atoms in total. The summed E-state index contributed by atoms with van der Waals surface area (Å²) >= 11 is 0. The average molecular weight is 424 g/mol. The van der Waals surface area contributed by atoms with Gasteiger partial charge in [-0.15, -0.1) is 0 Å². The van der Waals surface area contributed by atoms with E-state index >= 15 is 0 Å². The second-order valence-electron chi connectivity index (χ2n) is 7.97. The number of ether oxygens (including phenoxy) is 1. The smallest absolute Gasteiger partial charge is 0.167 e. The molecule has 3 aromatic rings. The van der Waals surface area contributed by atoms with Crippen molar-refractivity contribution in [2.24, 2.45) is 0 Å². The third kappa shape index (κ3) is 3.85. The van der Waals surface area contributed by atoms with E-state index in [9.17, 15) is 14.0 Å². The Kier molecular flexibility index (Phi) is 5.05. The number of aromatic amines is 1. The zero-order valence-electron chi connectivity index (χ0n) is 16.7. The molecule has 0 aliphatic carbocycles. The van der Waals surface area contributed by atoms with Gasteiger partial charge in [-0.2, -0.15) is 5.10 Å². The van der Waals surface area contributed by atoms with Crippen LogP contribution in [-0.2, 0) is 4.74 Å². The topological polar surface area (TPSA) is 73.0 Å². The van der Waals surface area contributed by atoms with Crippen molar-refractivity contribution in [2.45, 2.75) is 31.4 Å². The molecule has 0 amide bonds. The summed E-state index contributed by atoms with van der Waals surface area (Å²) in [5.41, 5.74) is 5.26. The molecule has 1 aromatic heterocycles. The third-order valence-electron chi connectivity index (χ3n) is 5.83. The fourth-order valence-corrected chi connectivity index (χ4v) is 4.41. The standard InChI is InChI=1S/C23H22F2N4O2/c24-18-11-16(12-19(25)13-18)21-4-3-8-29(30,28-21)23(22-5-1-2-9-31-22)15-6-7-20-17(10-15)14-26-27-20/h3-4,6-8,10-14,22-23,28H,1-2,5,9H2,(H,26,27). The predicted octanol–water partition coefficient (Wildman–Crippen LogP) is 4.84. The summed E-state index contributed by atoms with van der Waals surface area (Å²) in [6, 6.07) is 8.33. The summed E-state index contributed by atoms with van der Waals surface area (Å²) in [6.07, 6.45) is 8.84. The van der Waals surface area contributed by atoms with Crippen molar-refractivity contribution >= 4 is 16.6 Å². The molecule has 0 bridgehead atoms. The minimum absolute atomic E-state index is 0.272. The van der Waals surface area contributed by atoms with Gasteiger partial charge in [-0.3, -0.25) is 5.10 Å². The van der Waals surface area contributed by atoms with E-state index in [4.69, 9.17) is 4.74 Å². The van der Waals surface area contributed by atoms with Crippen LogP contribution in [0.4, 0.5) is 8.78 Å². The highest BCUT2D eigenvalue weighted by Gasteiger charge is 2.40. The normalized spacial score (nSPS) is 24.6. The van der Waals surface area contributed by atoms with Crippen LogP contribution in [-0.4, -0.2) is 27.7 Å². The van der Waals surface area contributed by atoms with E-state index in [0.717, 1.165) is 41.8 Å². The number of hydrogen-bond donors (Lipinski definition) is 2. The lowest BCUT2D eigenvalue weighted by molar-refractivity contribution is -0.903. The Morgan fingerprint density at radius 2 is 1.97 bits per heavy atom. The number of aromatic nitrogens is 2. The Bertz CT molecular complexity index is 1150. The van der Waals surface area contributed by atoms with Gasteiger partial charge in [0.1, 0.15) is 23.9 Å². The minimum Gasteiger partial charge on any atom is -0.601 e. The average Bonchev–Trinajstić information content (AvgIpc) is 3.22. The number of nitrogens with zero attached hydrogens (tertiary/aromatic N) is 2. The van der Waals surface area contributed by atoms with Crippen molar-refractivity contribution in [1.29, 1.82) is 0 Å². The molecule has 8 heteroatoms. The number of hydrogen-bond acceptors (Lipinski definition) is 4. The van der Waals surface area contributed by atoms with E-state index in [0.29, 0.717) is 12.3 Å². The molecule has 1 saturated heterocycles. The van der Waals surface area contributed by atoms with Gasteiger partial charge >= 0.3 is 0 Å². The van der Waals surface area contributed by atoms with Crippen LogP contribution in [0.3, 0.4) is 0 Å². The summed E-state index contributed by atoms with van der Waals surface area (Å²) in [5, 5.41) is 22.0. The van der Waals surface area contributed by atoms with Crippen LogP contribution in [0.2, 0.25) is 0 Å². The molecule has 0 spiro atoms. The van der Waals surface area contributed by atoms with Gasteiger partial charge in [0.15, 0.2) is 6.04 Å². The molecule has 2 N–H and O–H groups in total. The number of fused-ring (bicyclic) bond motifs is 1. The molecule has 31 heavy (non-hydrogen) atoms. The molecule has 0 radical (unpaired) electrons. The zero-order valence-corrected chi connectivity index (χ0v) is 16.7. The molecule has 1 fully saturated rings. The van der Waals surface area contributed by atoms with E-state index in [-0.39, 0.29) is 11.7 Å². The van der Waals surface area contributed by atoms with Crippen LogP contribution in [0.15, 0.2) is 60.9 Å². The Morgan fingerprint density at radius 1 is 1.13 bits per heavy atom. The van der Waals surface area contributed by atoms with Gasteiger partial charge in [0.2, 0.25) is 0 Å². The second-order valence-corrected chi connectivity index (χ2v) is 7.97. The number of halogens is 2. The van der Waals surface area contributed by atoms with Crippen LogP contribution in [0.25, 0.3) is 16.6 Å². The van der Waals surface area contributed by atoms with Crippen LogP contribution >= 0.6 is 0 Å². The number of hydroxylamine groups is 2. The van der Waals surface area contributed by atoms with Gasteiger partial charge in [-0.25, -0.2) is 19.0 Å². The minimum atomic E-state index is -0.933. The van der Waals surface area contributed by atoms with Crippen LogP contribution in [0.5, 0.6) is 0 Å². The lowest BCUT2D eigenvalue weighted by atomic mass is 9.94. The van der Waals surface area contributed by atoms with Gasteiger partial charge in [0, 0.05) is 29.2 Å². The van der Waals surface area contributed by atoms with E-state index in [1.165, 1.54) is 18.3 Å². The molecule has 0 saturated carbocycles. The van der Waals surface area contributed by atoms with Crippen molar-refractivity contribution < 1.29 is 18.3 Å². The van der Waals surface area contributed by atoms with Crippen molar-refractivity contribution in [1.82, 2.24) is 15.6 Å². The quantitative estimate of drug-likeness (QED) is 0.464. The Balaban J connectivity index is 1.55. The van der Waals surface area contributed by atoms with Crippen LogP contribution in [0, 0.1) is 16.8 Å². The summed E-state index contributed by atoms with van der Waals surface area (Å²) in [5.74, 6) is -1.40. The lowest BCUT2D eigenvalue weighted by Crippen LogP contribution is -2.55. The van der Waals surface area contributed by atoms with Crippen molar-refractivity contribution in [3.05, 3.63) is 88.9 Å². The summed E-state index contributed by atoms with van der Waals surface area (Å²) in [4.78, 5) is 0. The maximum Gasteiger partial charge on any atom is 0.167 e. The number of allylic oxidation sites excluding steroid dienone is 2. The Labute approximate surface area is 178 Å². The van der Waals surface area contributed by atoms with Crippen LogP contribution < -0.4 is 5.43 Å². The van der Waals surface area contributed by atoms with Gasteiger partial charge < -0.3 is 9.94 Å². The fourth-order valence-electron chi connectivity index (χ4n) is 4.41. The summed E-state index contributed by atoms with van der Waals surface area (Å²) in [7, 11) is 0. The van der Waals surface area contributed by atoms with E-state index in [1.807, 2.05) is 18.2 Å². The van der Waals surface area contributed by atoms with Crippen LogP contribution in [0.1, 0.15) is 36.4 Å². The first kappa shape index (κ1) is 19.9. The maximum absolute atomic E-state index is 14.2. The van der Waals surface area contributed by atoms with Crippen molar-refractivity contribution in [3.63, 3.8) is 0 Å². The Morgan fingerprint density at radius 3 is 2.74 bits per heavy atom. The first-order valence-corrected chi connectivity index (χ1v) is 10.3. The first-order chi connectivity index (χ1) is 15.0. The number of quaternary nitrogens is 1. The van der Waals surface area contributed by atoms with E-state index in [2.05, 4.69) is 15.6 Å². The molecule has 2 aliphatic heterocycles. The zero-order chi connectivity index (χ0) is 21.4. The maximum atomic E-state index is 14.2. The van der Waals surface area contributed by atoms with Gasteiger partial charge in [-0.1, -0.05) is 6.07 Å². The lowest BCUT2D eigenvalue weighted by Gasteiger charge is -2.49. The molecule has 2 aromatic carbocycles. The van der Waals surface area contributed by atoms with Gasteiger partial charge in [-0.05, 0) is 55.7 Å². The second kappa shape index (κ2) is 7.88. The molecular formula is C23H22F2N4O2.